The van der Waals surface area contributed by atoms with Gasteiger partial charge in [0.15, 0.2) is 5.78 Å². The van der Waals surface area contributed by atoms with Gasteiger partial charge in [-0.2, -0.15) is 0 Å². The van der Waals surface area contributed by atoms with Gasteiger partial charge in [0.05, 0.1) is 13.2 Å². The van der Waals surface area contributed by atoms with Gasteiger partial charge in [-0.15, -0.1) is 0 Å². The van der Waals surface area contributed by atoms with Gasteiger partial charge >= 0.3 is 0 Å². The molecule has 6 heteroatoms. The summed E-state index contributed by atoms with van der Waals surface area (Å²) in [6.45, 7) is 1.92. The number of hydrogen-bond donors (Lipinski definition) is 0. The van der Waals surface area contributed by atoms with Crippen LogP contribution in [0.4, 0.5) is 0 Å². The molecule has 0 N–H and O–H groups in total. The van der Waals surface area contributed by atoms with E-state index in [0.29, 0.717) is 32.7 Å². The lowest BCUT2D eigenvalue weighted by Crippen LogP contribution is -2.47. The van der Waals surface area contributed by atoms with Crippen LogP contribution in [-0.2, 0) is 16.0 Å². The van der Waals surface area contributed by atoms with E-state index < -0.39 is 0 Å². The molecule has 1 aliphatic carbocycles. The summed E-state index contributed by atoms with van der Waals surface area (Å²) >= 11 is 1.52. The fraction of sp³-hybridized carbons (Fsp3) is 0.304. The Morgan fingerprint density at radius 3 is 2.90 bits per heavy atom. The van der Waals surface area contributed by atoms with Gasteiger partial charge in [0.25, 0.3) is 0 Å². The molecule has 0 radical (unpaired) electrons. The van der Waals surface area contributed by atoms with Crippen LogP contribution in [-0.4, -0.2) is 49.0 Å². The van der Waals surface area contributed by atoms with Crippen molar-refractivity contribution in [3.05, 3.63) is 71.1 Å². The molecule has 1 unspecified atom stereocenters. The highest BCUT2D eigenvalue weighted by Gasteiger charge is 2.26. The van der Waals surface area contributed by atoms with Gasteiger partial charge in [-0.3, -0.25) is 9.59 Å². The average molecular weight is 410 g/mol. The molecule has 1 saturated heterocycles. The molecule has 5 nitrogen and oxygen atoms in total. The Morgan fingerprint density at radius 2 is 2.03 bits per heavy atom. The maximum Gasteiger partial charge on any atom is 0.247 e. The molecule has 150 valence electrons. The van der Waals surface area contributed by atoms with Crippen LogP contribution < -0.4 is 4.74 Å². The van der Waals surface area contributed by atoms with Gasteiger partial charge in [0.1, 0.15) is 18.5 Å². The van der Waals surface area contributed by atoms with E-state index in [1.165, 1.54) is 11.8 Å². The molecule has 0 bridgehead atoms. The molecule has 0 aromatic heterocycles. The largest absolute Gasteiger partial charge is 0.491 e. The number of ketones is 1. The van der Waals surface area contributed by atoms with Crippen molar-refractivity contribution in [2.24, 2.45) is 0 Å². The maximum absolute atomic E-state index is 12.5. The topological polar surface area (TPSA) is 55.8 Å². The molecule has 1 atom stereocenters. The van der Waals surface area contributed by atoms with E-state index in [2.05, 4.69) is 0 Å². The SMILES string of the molecule is O=C1CCc2c(OCC3CN(C(=O)/C=C/Sc4ccccc4)CCO3)cccc21. The minimum atomic E-state index is -0.184. The van der Waals surface area contributed by atoms with Crippen LogP contribution in [0.3, 0.4) is 0 Å². The predicted octanol–water partition coefficient (Wildman–Crippen LogP) is 3.73. The highest BCUT2D eigenvalue weighted by Crippen LogP contribution is 2.30. The zero-order valence-corrected chi connectivity index (χ0v) is 16.9. The van der Waals surface area contributed by atoms with E-state index in [-0.39, 0.29) is 17.8 Å². The number of ether oxygens (including phenoxy) is 2. The molecule has 0 spiro atoms. The molecule has 2 aromatic rings. The number of Topliss-reactive ketones (excluding diaryl/α,β-unsaturated/α-hetero) is 1. The first kappa shape index (κ1) is 19.7. The van der Waals surface area contributed by atoms with Crippen LogP contribution in [0.2, 0.25) is 0 Å². The number of morpholine rings is 1. The third kappa shape index (κ3) is 4.89. The van der Waals surface area contributed by atoms with Crippen LogP contribution in [0.25, 0.3) is 0 Å². The van der Waals surface area contributed by atoms with Crippen molar-refractivity contribution in [2.45, 2.75) is 23.8 Å². The van der Waals surface area contributed by atoms with Crippen LogP contribution in [0.5, 0.6) is 5.75 Å². The summed E-state index contributed by atoms with van der Waals surface area (Å²) in [6.07, 6.45) is 2.70. The third-order valence-corrected chi connectivity index (χ3v) is 5.89. The lowest BCUT2D eigenvalue weighted by Gasteiger charge is -2.32. The average Bonchev–Trinajstić information content (AvgIpc) is 3.15. The first-order valence-electron chi connectivity index (χ1n) is 9.77. The van der Waals surface area contributed by atoms with Crippen molar-refractivity contribution in [2.75, 3.05) is 26.3 Å². The molecule has 29 heavy (non-hydrogen) atoms. The summed E-state index contributed by atoms with van der Waals surface area (Å²) in [5.74, 6) is 0.906. The van der Waals surface area contributed by atoms with Gasteiger partial charge in [-0.1, -0.05) is 42.1 Å². The van der Waals surface area contributed by atoms with Crippen molar-refractivity contribution < 1.29 is 19.1 Å². The first-order valence-corrected chi connectivity index (χ1v) is 10.7. The van der Waals surface area contributed by atoms with E-state index in [1.54, 1.807) is 11.0 Å². The second kappa shape index (κ2) is 9.29. The molecule has 1 aliphatic heterocycles. The van der Waals surface area contributed by atoms with E-state index in [0.717, 1.165) is 28.2 Å². The second-order valence-corrected chi connectivity index (χ2v) is 8.01. The molecule has 2 aromatic carbocycles. The van der Waals surface area contributed by atoms with Gasteiger partial charge in [0, 0.05) is 35.1 Å². The van der Waals surface area contributed by atoms with Gasteiger partial charge in [-0.05, 0) is 30.0 Å². The first-order chi connectivity index (χ1) is 14.2. The Kier molecular flexibility index (Phi) is 6.32. The van der Waals surface area contributed by atoms with Crippen molar-refractivity contribution >= 4 is 23.5 Å². The monoisotopic (exact) mass is 409 g/mol. The maximum atomic E-state index is 12.5. The Balaban J connectivity index is 1.30. The summed E-state index contributed by atoms with van der Waals surface area (Å²) in [7, 11) is 0. The summed E-state index contributed by atoms with van der Waals surface area (Å²) in [6, 6.07) is 15.5. The standard InChI is InChI=1S/C23H23NO4S/c25-21-10-9-20-19(21)7-4-8-22(20)28-16-17-15-24(12-13-27-17)23(26)11-14-29-18-5-2-1-3-6-18/h1-8,11,14,17H,9-10,12-13,15-16H2/b14-11+. The lowest BCUT2D eigenvalue weighted by molar-refractivity contribution is -0.134. The zero-order chi connectivity index (χ0) is 20.1. The number of thioether (sulfide) groups is 1. The Hall–Kier alpha value is -2.57. The summed E-state index contributed by atoms with van der Waals surface area (Å²) in [5, 5.41) is 1.82. The number of hydrogen-bond acceptors (Lipinski definition) is 5. The van der Waals surface area contributed by atoms with E-state index in [9.17, 15) is 9.59 Å². The summed E-state index contributed by atoms with van der Waals surface area (Å²) in [5.41, 5.74) is 1.76. The van der Waals surface area contributed by atoms with E-state index in [1.807, 2.05) is 53.9 Å². The molecular weight excluding hydrogens is 386 g/mol. The Morgan fingerprint density at radius 1 is 1.17 bits per heavy atom. The highest BCUT2D eigenvalue weighted by molar-refractivity contribution is 8.02. The van der Waals surface area contributed by atoms with Crippen molar-refractivity contribution in [1.29, 1.82) is 0 Å². The van der Waals surface area contributed by atoms with Gasteiger partial charge in [-0.25, -0.2) is 0 Å². The second-order valence-electron chi connectivity index (χ2n) is 7.03. The number of fused-ring (bicyclic) bond motifs is 1. The number of carbonyl (C=O) groups is 2. The minimum absolute atomic E-state index is 0.0204. The molecule has 0 saturated carbocycles. The van der Waals surface area contributed by atoms with E-state index >= 15 is 0 Å². The fourth-order valence-electron chi connectivity index (χ4n) is 3.57. The fourth-order valence-corrected chi connectivity index (χ4v) is 4.23. The smallest absolute Gasteiger partial charge is 0.247 e. The Bertz CT molecular complexity index is 912. The molecular formula is C23H23NO4S. The highest BCUT2D eigenvalue weighted by atomic mass is 32.2. The Labute approximate surface area is 174 Å². The molecule has 4 rings (SSSR count). The predicted molar refractivity (Wildman–Crippen MR) is 112 cm³/mol. The third-order valence-electron chi connectivity index (χ3n) is 5.07. The minimum Gasteiger partial charge on any atom is -0.491 e. The number of rotatable bonds is 6. The van der Waals surface area contributed by atoms with Crippen molar-refractivity contribution in [1.82, 2.24) is 4.90 Å². The molecule has 1 fully saturated rings. The quantitative estimate of drug-likeness (QED) is 0.538. The lowest BCUT2D eigenvalue weighted by atomic mass is 10.1. The van der Waals surface area contributed by atoms with Crippen LogP contribution >= 0.6 is 11.8 Å². The molecule has 2 aliphatic rings. The van der Waals surface area contributed by atoms with Gasteiger partial charge in [0.2, 0.25) is 5.91 Å². The number of nitrogens with zero attached hydrogens (tertiary/aromatic N) is 1. The summed E-state index contributed by atoms with van der Waals surface area (Å²) < 4.78 is 11.7. The number of carbonyl (C=O) groups excluding carboxylic acids is 2. The van der Waals surface area contributed by atoms with Crippen molar-refractivity contribution in [3.63, 3.8) is 0 Å². The summed E-state index contributed by atoms with van der Waals surface area (Å²) in [4.78, 5) is 27.3. The van der Waals surface area contributed by atoms with Crippen molar-refractivity contribution in [3.8, 4) is 5.75 Å². The normalized spacial score (nSPS) is 18.8. The van der Waals surface area contributed by atoms with Crippen LogP contribution in [0, 0.1) is 0 Å². The number of benzene rings is 2. The van der Waals surface area contributed by atoms with Gasteiger partial charge < -0.3 is 14.4 Å². The van der Waals surface area contributed by atoms with Crippen LogP contribution in [0.15, 0.2) is 64.9 Å². The van der Waals surface area contributed by atoms with E-state index in [4.69, 9.17) is 9.47 Å². The number of amides is 1. The molecule has 1 heterocycles. The molecule has 1 amide bonds. The zero-order valence-electron chi connectivity index (χ0n) is 16.1. The van der Waals surface area contributed by atoms with Crippen LogP contribution in [0.1, 0.15) is 22.3 Å².